The van der Waals surface area contributed by atoms with Gasteiger partial charge in [0.05, 0.1) is 12.3 Å². The van der Waals surface area contributed by atoms with Gasteiger partial charge < -0.3 is 5.32 Å². The van der Waals surface area contributed by atoms with Gasteiger partial charge in [0.25, 0.3) is 0 Å². The summed E-state index contributed by atoms with van der Waals surface area (Å²) in [6, 6.07) is 0. The van der Waals surface area contributed by atoms with Crippen LogP contribution in [0.5, 0.6) is 0 Å². The highest BCUT2D eigenvalue weighted by molar-refractivity contribution is 7.89. The first-order valence-electron chi connectivity index (χ1n) is 5.66. The van der Waals surface area contributed by atoms with Gasteiger partial charge in [0.2, 0.25) is 15.2 Å². The number of hydrogen-bond acceptors (Lipinski definition) is 6. The van der Waals surface area contributed by atoms with E-state index in [4.69, 9.17) is 0 Å². The molecule has 1 aromatic rings. The highest BCUT2D eigenvalue weighted by Crippen LogP contribution is 2.21. The second kappa shape index (κ2) is 5.28. The largest absolute Gasteiger partial charge is 0.360 e. The molecule has 8 heteroatoms. The fourth-order valence-corrected chi connectivity index (χ4v) is 3.98. The number of nitrogens with zero attached hydrogens (tertiary/aromatic N) is 3. The predicted molar refractivity (Wildman–Crippen MR) is 67.5 cm³/mol. The summed E-state index contributed by atoms with van der Waals surface area (Å²) in [6.07, 6.45) is 1.73. The summed E-state index contributed by atoms with van der Waals surface area (Å²) in [5.74, 6) is 0.257. The molecule has 0 amide bonds. The minimum Gasteiger partial charge on any atom is -0.360 e. The summed E-state index contributed by atoms with van der Waals surface area (Å²) in [5, 5.41) is 12.6. The third-order valence-electron chi connectivity index (χ3n) is 2.51. The Morgan fingerprint density at radius 3 is 2.94 bits per heavy atom. The molecule has 1 aliphatic heterocycles. The van der Waals surface area contributed by atoms with E-state index in [1.165, 1.54) is 15.6 Å². The first-order chi connectivity index (χ1) is 8.12. The zero-order valence-electron chi connectivity index (χ0n) is 9.72. The van der Waals surface area contributed by atoms with Crippen molar-refractivity contribution < 1.29 is 8.42 Å². The summed E-state index contributed by atoms with van der Waals surface area (Å²) in [7, 11) is -3.04. The number of nitrogens with one attached hydrogen (secondary N) is 1. The van der Waals surface area contributed by atoms with E-state index in [-0.39, 0.29) is 5.75 Å². The Balaban J connectivity index is 1.97. The van der Waals surface area contributed by atoms with Gasteiger partial charge in [0.15, 0.2) is 0 Å². The van der Waals surface area contributed by atoms with Crippen molar-refractivity contribution >= 4 is 26.5 Å². The van der Waals surface area contributed by atoms with Gasteiger partial charge in [-0.25, -0.2) is 8.42 Å². The molecule has 17 heavy (non-hydrogen) atoms. The maximum Gasteiger partial charge on any atom is 0.214 e. The van der Waals surface area contributed by atoms with Crippen molar-refractivity contribution in [3.63, 3.8) is 0 Å². The van der Waals surface area contributed by atoms with E-state index in [1.807, 2.05) is 0 Å². The molecule has 0 spiro atoms. The number of sulfonamides is 1. The van der Waals surface area contributed by atoms with Crippen LogP contribution in [0.2, 0.25) is 0 Å². The van der Waals surface area contributed by atoms with Crippen LogP contribution < -0.4 is 5.32 Å². The lowest BCUT2D eigenvalue weighted by Crippen LogP contribution is -2.25. The van der Waals surface area contributed by atoms with Gasteiger partial charge in [-0.15, -0.1) is 10.2 Å². The number of hydrogen-bond donors (Lipinski definition) is 1. The maximum absolute atomic E-state index is 11.6. The molecule has 0 bridgehead atoms. The molecule has 1 fully saturated rings. The number of aromatic nitrogens is 2. The fraction of sp³-hybridized carbons (Fsp3) is 0.778. The van der Waals surface area contributed by atoms with Crippen LogP contribution in [0.4, 0.5) is 5.13 Å². The first kappa shape index (κ1) is 12.7. The van der Waals surface area contributed by atoms with E-state index in [9.17, 15) is 8.42 Å². The molecule has 2 heterocycles. The third-order valence-corrected chi connectivity index (χ3v) is 5.28. The average molecular weight is 276 g/mol. The molecule has 0 radical (unpaired) electrons. The zero-order chi connectivity index (χ0) is 12.3. The van der Waals surface area contributed by atoms with Crippen LogP contribution in [0, 0.1) is 0 Å². The Hall–Kier alpha value is -0.730. The molecule has 96 valence electrons. The monoisotopic (exact) mass is 276 g/mol. The molecular formula is C9H16N4O2S2. The van der Waals surface area contributed by atoms with E-state index in [0.29, 0.717) is 19.5 Å². The summed E-state index contributed by atoms with van der Waals surface area (Å²) in [4.78, 5) is 0. The lowest BCUT2D eigenvalue weighted by molar-refractivity contribution is 0.437. The van der Waals surface area contributed by atoms with Gasteiger partial charge in [0.1, 0.15) is 5.01 Å². The molecular weight excluding hydrogens is 260 g/mol. The summed E-state index contributed by atoms with van der Waals surface area (Å²) in [5.41, 5.74) is 0. The van der Waals surface area contributed by atoms with Gasteiger partial charge in [-0.3, -0.25) is 0 Å². The Morgan fingerprint density at radius 2 is 2.29 bits per heavy atom. The SMILES string of the molecule is CCCNc1nnc(CN2CCCS2(=O)=O)s1. The van der Waals surface area contributed by atoms with Crippen LogP contribution in [0.1, 0.15) is 24.8 Å². The molecule has 0 aliphatic carbocycles. The van der Waals surface area contributed by atoms with Crippen LogP contribution in [-0.4, -0.2) is 41.8 Å². The van der Waals surface area contributed by atoms with Crippen molar-refractivity contribution in [2.45, 2.75) is 26.3 Å². The Morgan fingerprint density at radius 1 is 1.47 bits per heavy atom. The lowest BCUT2D eigenvalue weighted by Gasteiger charge is -2.10. The maximum atomic E-state index is 11.6. The van der Waals surface area contributed by atoms with Crippen LogP contribution in [0.15, 0.2) is 0 Å². The Bertz CT molecular complexity index is 471. The molecule has 1 aromatic heterocycles. The highest BCUT2D eigenvalue weighted by Gasteiger charge is 2.29. The van der Waals surface area contributed by atoms with Gasteiger partial charge in [-0.2, -0.15) is 4.31 Å². The van der Waals surface area contributed by atoms with E-state index in [0.717, 1.165) is 23.1 Å². The predicted octanol–water partition coefficient (Wildman–Crippen LogP) is 0.895. The van der Waals surface area contributed by atoms with Gasteiger partial charge in [-0.05, 0) is 12.8 Å². The number of rotatable bonds is 5. The van der Waals surface area contributed by atoms with Crippen molar-refractivity contribution in [1.29, 1.82) is 0 Å². The van der Waals surface area contributed by atoms with Gasteiger partial charge >= 0.3 is 0 Å². The van der Waals surface area contributed by atoms with Crippen LogP contribution >= 0.6 is 11.3 Å². The molecule has 1 saturated heterocycles. The van der Waals surface area contributed by atoms with E-state index >= 15 is 0 Å². The Kier molecular flexibility index (Phi) is 3.95. The minimum atomic E-state index is -3.04. The van der Waals surface area contributed by atoms with Crippen molar-refractivity contribution in [3.05, 3.63) is 5.01 Å². The van der Waals surface area contributed by atoms with E-state index < -0.39 is 10.0 Å². The van der Waals surface area contributed by atoms with Gasteiger partial charge in [0, 0.05) is 13.1 Å². The van der Waals surface area contributed by atoms with Crippen molar-refractivity contribution in [2.75, 3.05) is 24.2 Å². The molecule has 6 nitrogen and oxygen atoms in total. The highest BCUT2D eigenvalue weighted by atomic mass is 32.2. The fourth-order valence-electron chi connectivity index (χ4n) is 1.64. The normalized spacial score (nSPS) is 19.6. The minimum absolute atomic E-state index is 0.257. The van der Waals surface area contributed by atoms with E-state index in [2.05, 4.69) is 22.4 Å². The van der Waals surface area contributed by atoms with Crippen LogP contribution in [0.25, 0.3) is 0 Å². The topological polar surface area (TPSA) is 75.2 Å². The standard InChI is InChI=1S/C9H16N4O2S2/c1-2-4-10-9-12-11-8(16-9)7-13-5-3-6-17(13,14)15/h2-7H2,1H3,(H,10,12). The summed E-state index contributed by atoms with van der Waals surface area (Å²) in [6.45, 7) is 3.88. The molecule has 2 rings (SSSR count). The summed E-state index contributed by atoms with van der Waals surface area (Å²) < 4.78 is 24.7. The summed E-state index contributed by atoms with van der Waals surface area (Å²) >= 11 is 1.42. The lowest BCUT2D eigenvalue weighted by atomic mass is 10.5. The van der Waals surface area contributed by atoms with Gasteiger partial charge in [-0.1, -0.05) is 18.3 Å². The molecule has 0 saturated carbocycles. The molecule has 0 atom stereocenters. The molecule has 0 aromatic carbocycles. The second-order valence-electron chi connectivity index (χ2n) is 3.93. The number of anilines is 1. The average Bonchev–Trinajstić information content (AvgIpc) is 2.84. The molecule has 1 N–H and O–H groups in total. The molecule has 1 aliphatic rings. The van der Waals surface area contributed by atoms with Crippen molar-refractivity contribution in [1.82, 2.24) is 14.5 Å². The third kappa shape index (κ3) is 3.14. The van der Waals surface area contributed by atoms with E-state index in [1.54, 1.807) is 0 Å². The van der Waals surface area contributed by atoms with Crippen molar-refractivity contribution in [2.24, 2.45) is 0 Å². The van der Waals surface area contributed by atoms with Crippen LogP contribution in [-0.2, 0) is 16.6 Å². The quantitative estimate of drug-likeness (QED) is 0.864. The smallest absolute Gasteiger partial charge is 0.214 e. The zero-order valence-corrected chi connectivity index (χ0v) is 11.4. The van der Waals surface area contributed by atoms with Crippen LogP contribution in [0.3, 0.4) is 0 Å². The molecule has 0 unspecified atom stereocenters. The van der Waals surface area contributed by atoms with Crippen molar-refractivity contribution in [3.8, 4) is 0 Å². The Labute approximate surface area is 105 Å². The second-order valence-corrected chi connectivity index (χ2v) is 7.08. The first-order valence-corrected chi connectivity index (χ1v) is 8.08.